The summed E-state index contributed by atoms with van der Waals surface area (Å²) in [5, 5.41) is 0. The van der Waals surface area contributed by atoms with Crippen molar-refractivity contribution in [2.24, 2.45) is 0 Å². The first-order valence-electron chi connectivity index (χ1n) is 13.2. The summed E-state index contributed by atoms with van der Waals surface area (Å²) in [5.74, 6) is 1.49. The molecule has 5 aromatic rings. The summed E-state index contributed by atoms with van der Waals surface area (Å²) >= 11 is 0. The molecule has 1 spiro atoms. The third-order valence-corrected chi connectivity index (χ3v) is 7.80. The van der Waals surface area contributed by atoms with Crippen molar-refractivity contribution in [3.8, 4) is 22.6 Å². The van der Waals surface area contributed by atoms with Gasteiger partial charge in [-0.25, -0.2) is 0 Å². The van der Waals surface area contributed by atoms with E-state index in [-0.39, 0.29) is 12.5 Å². The van der Waals surface area contributed by atoms with Crippen LogP contribution in [0.1, 0.15) is 22.3 Å². The van der Waals surface area contributed by atoms with E-state index in [9.17, 15) is 4.79 Å². The Kier molecular flexibility index (Phi) is 5.66. The van der Waals surface area contributed by atoms with Crippen LogP contribution >= 0.6 is 0 Å². The highest BCUT2D eigenvalue weighted by molar-refractivity contribution is 6.11. The van der Waals surface area contributed by atoms with Crippen LogP contribution < -0.4 is 14.4 Å². The first kappa shape index (κ1) is 23.3. The van der Waals surface area contributed by atoms with Crippen LogP contribution in [0, 0.1) is 0 Å². The topological polar surface area (TPSA) is 38.8 Å². The van der Waals surface area contributed by atoms with Gasteiger partial charge in [0.2, 0.25) is 5.91 Å². The molecule has 1 unspecified atom stereocenters. The quantitative estimate of drug-likeness (QED) is 0.244. The predicted molar refractivity (Wildman–Crippen MR) is 153 cm³/mol. The molecule has 2 heterocycles. The monoisotopic (exact) mass is 509 g/mol. The van der Waals surface area contributed by atoms with Gasteiger partial charge in [0.15, 0.2) is 0 Å². The van der Waals surface area contributed by atoms with Crippen molar-refractivity contribution in [2.75, 3.05) is 11.5 Å². The van der Waals surface area contributed by atoms with Crippen LogP contribution in [0.15, 0.2) is 127 Å². The maximum absolute atomic E-state index is 14.5. The predicted octanol–water partition coefficient (Wildman–Crippen LogP) is 7.16. The molecule has 0 N–H and O–H groups in total. The molecule has 1 amide bonds. The molecule has 4 nitrogen and oxygen atoms in total. The highest BCUT2D eigenvalue weighted by atomic mass is 16.5. The summed E-state index contributed by atoms with van der Waals surface area (Å²) in [7, 11) is 0. The summed E-state index contributed by atoms with van der Waals surface area (Å²) in [6.45, 7) is 1.21. The zero-order chi connectivity index (χ0) is 26.2. The van der Waals surface area contributed by atoms with E-state index in [1.807, 2.05) is 102 Å². The number of rotatable bonds is 6. The Labute approximate surface area is 228 Å². The summed E-state index contributed by atoms with van der Waals surface area (Å²) in [4.78, 5) is 16.4. The second-order valence-electron chi connectivity index (χ2n) is 10.1. The zero-order valence-corrected chi connectivity index (χ0v) is 21.4. The Morgan fingerprint density at radius 1 is 0.744 bits per heavy atom. The van der Waals surface area contributed by atoms with E-state index in [0.717, 1.165) is 50.6 Å². The summed E-state index contributed by atoms with van der Waals surface area (Å²) in [6, 6.07) is 42.7. The number of anilines is 1. The number of hydrogen-bond acceptors (Lipinski definition) is 3. The molecule has 190 valence electrons. The van der Waals surface area contributed by atoms with Gasteiger partial charge >= 0.3 is 0 Å². The summed E-state index contributed by atoms with van der Waals surface area (Å²) in [5.41, 5.74) is 6.33. The minimum atomic E-state index is -0.903. The molecule has 0 fully saturated rings. The maximum atomic E-state index is 14.5. The van der Waals surface area contributed by atoms with Gasteiger partial charge in [0.25, 0.3) is 0 Å². The van der Waals surface area contributed by atoms with Crippen molar-refractivity contribution in [3.05, 3.63) is 150 Å². The van der Waals surface area contributed by atoms with Crippen LogP contribution in [0.5, 0.6) is 11.5 Å². The first-order chi connectivity index (χ1) is 19.2. The number of fused-ring (bicyclic) bond motifs is 4. The molecule has 0 aromatic heterocycles. The third kappa shape index (κ3) is 3.88. The van der Waals surface area contributed by atoms with Crippen molar-refractivity contribution in [1.82, 2.24) is 0 Å². The Hall–Kier alpha value is -4.83. The molecular formula is C35H27NO3. The normalized spacial score (nSPS) is 17.1. The van der Waals surface area contributed by atoms with Gasteiger partial charge in [0, 0.05) is 11.3 Å². The minimum absolute atomic E-state index is 0.0329. The number of carbonyl (C=O) groups excluding carboxylic acids is 1. The maximum Gasteiger partial charge on any atom is 0.246 e. The van der Waals surface area contributed by atoms with E-state index in [4.69, 9.17) is 9.47 Å². The standard InChI is InChI=1S/C35H27NO3/c37-34-35(24-39-33-20-19-28(21-31(33)35)38-23-25-11-3-1-4-12-25)30-17-9-10-18-32(30)36(34)22-27-15-7-8-16-29(27)26-13-5-2-6-14-26/h1-21H,22-24H2. The second-order valence-corrected chi connectivity index (χ2v) is 10.1. The van der Waals surface area contributed by atoms with Crippen molar-refractivity contribution in [2.45, 2.75) is 18.6 Å². The average molecular weight is 510 g/mol. The molecule has 5 aromatic carbocycles. The van der Waals surface area contributed by atoms with Crippen molar-refractivity contribution in [1.29, 1.82) is 0 Å². The van der Waals surface area contributed by atoms with Gasteiger partial charge in [-0.15, -0.1) is 0 Å². The molecule has 1 atom stereocenters. The van der Waals surface area contributed by atoms with Gasteiger partial charge in [-0.1, -0.05) is 103 Å². The number of hydrogen-bond donors (Lipinski definition) is 0. The number of nitrogens with zero attached hydrogens (tertiary/aromatic N) is 1. The molecule has 4 heteroatoms. The summed E-state index contributed by atoms with van der Waals surface area (Å²) in [6.07, 6.45) is 0. The lowest BCUT2D eigenvalue weighted by Gasteiger charge is -2.24. The van der Waals surface area contributed by atoms with E-state index in [1.54, 1.807) is 0 Å². The Morgan fingerprint density at radius 2 is 1.46 bits per heavy atom. The highest BCUT2D eigenvalue weighted by Gasteiger charge is 2.57. The van der Waals surface area contributed by atoms with Gasteiger partial charge in [0.1, 0.15) is 30.1 Å². The molecule has 0 saturated heterocycles. The van der Waals surface area contributed by atoms with Crippen LogP contribution in [0.3, 0.4) is 0 Å². The average Bonchev–Trinajstić information content (AvgIpc) is 3.49. The Morgan fingerprint density at radius 3 is 2.31 bits per heavy atom. The number of benzene rings is 5. The molecular weight excluding hydrogens is 482 g/mol. The number of para-hydroxylation sites is 1. The Bertz CT molecular complexity index is 1660. The largest absolute Gasteiger partial charge is 0.491 e. The zero-order valence-electron chi connectivity index (χ0n) is 21.4. The Balaban J connectivity index is 1.26. The molecule has 7 rings (SSSR count). The third-order valence-electron chi connectivity index (χ3n) is 7.80. The van der Waals surface area contributed by atoms with Gasteiger partial charge in [-0.2, -0.15) is 0 Å². The van der Waals surface area contributed by atoms with Gasteiger partial charge < -0.3 is 14.4 Å². The lowest BCUT2D eigenvalue weighted by atomic mass is 9.77. The molecule has 2 aliphatic heterocycles. The van der Waals surface area contributed by atoms with Gasteiger partial charge in [-0.05, 0) is 52.1 Å². The molecule has 0 radical (unpaired) electrons. The van der Waals surface area contributed by atoms with Crippen molar-refractivity contribution < 1.29 is 14.3 Å². The fourth-order valence-electron chi connectivity index (χ4n) is 5.87. The lowest BCUT2D eigenvalue weighted by molar-refractivity contribution is -0.122. The van der Waals surface area contributed by atoms with Crippen LogP contribution in [0.4, 0.5) is 5.69 Å². The molecule has 0 aliphatic carbocycles. The van der Waals surface area contributed by atoms with E-state index in [0.29, 0.717) is 13.2 Å². The van der Waals surface area contributed by atoms with Crippen LogP contribution in [0.2, 0.25) is 0 Å². The van der Waals surface area contributed by atoms with Gasteiger partial charge in [-0.3, -0.25) is 4.79 Å². The van der Waals surface area contributed by atoms with Crippen LogP contribution in [-0.4, -0.2) is 12.5 Å². The highest BCUT2D eigenvalue weighted by Crippen LogP contribution is 2.53. The number of amides is 1. The van der Waals surface area contributed by atoms with Crippen LogP contribution in [0.25, 0.3) is 11.1 Å². The lowest BCUT2D eigenvalue weighted by Crippen LogP contribution is -2.42. The molecule has 0 saturated carbocycles. The van der Waals surface area contributed by atoms with E-state index in [2.05, 4.69) is 30.3 Å². The van der Waals surface area contributed by atoms with E-state index >= 15 is 0 Å². The van der Waals surface area contributed by atoms with Crippen molar-refractivity contribution in [3.63, 3.8) is 0 Å². The SMILES string of the molecule is O=C1N(Cc2ccccc2-c2ccccc2)c2ccccc2C12COc1ccc(OCc3ccccc3)cc12. The smallest absolute Gasteiger partial charge is 0.246 e. The molecule has 0 bridgehead atoms. The van der Waals surface area contributed by atoms with Gasteiger partial charge in [0.05, 0.1) is 6.54 Å². The molecule has 39 heavy (non-hydrogen) atoms. The number of carbonyl (C=O) groups is 1. The van der Waals surface area contributed by atoms with E-state index in [1.165, 1.54) is 0 Å². The molecule has 2 aliphatic rings. The minimum Gasteiger partial charge on any atom is -0.491 e. The fourth-order valence-corrected chi connectivity index (χ4v) is 5.87. The first-order valence-corrected chi connectivity index (χ1v) is 13.2. The fraction of sp³-hybridized carbons (Fsp3) is 0.114. The number of ether oxygens (including phenoxy) is 2. The van der Waals surface area contributed by atoms with Crippen molar-refractivity contribution >= 4 is 11.6 Å². The van der Waals surface area contributed by atoms with Crippen LogP contribution in [-0.2, 0) is 23.4 Å². The second kappa shape index (κ2) is 9.48. The summed E-state index contributed by atoms with van der Waals surface area (Å²) < 4.78 is 12.3. The van der Waals surface area contributed by atoms with E-state index < -0.39 is 5.41 Å².